The van der Waals surface area contributed by atoms with Crippen molar-refractivity contribution < 1.29 is 0 Å². The summed E-state index contributed by atoms with van der Waals surface area (Å²) in [5, 5.41) is 6.05. The Bertz CT molecular complexity index is 1660. The molecule has 0 saturated carbocycles. The van der Waals surface area contributed by atoms with E-state index in [0.29, 0.717) is 24.1 Å². The summed E-state index contributed by atoms with van der Waals surface area (Å²) in [4.78, 5) is 32.0. The molecular formula is C29H29N5O2S. The maximum absolute atomic E-state index is 13.4. The molecule has 0 aliphatic heterocycles. The summed E-state index contributed by atoms with van der Waals surface area (Å²) < 4.78 is 4.67. The van der Waals surface area contributed by atoms with Crippen LogP contribution in [0.2, 0.25) is 0 Å². The van der Waals surface area contributed by atoms with Gasteiger partial charge >= 0.3 is 5.69 Å². The third-order valence-corrected chi connectivity index (χ3v) is 7.13. The third kappa shape index (κ3) is 5.15. The molecule has 7 nitrogen and oxygen atoms in total. The van der Waals surface area contributed by atoms with Crippen LogP contribution in [0, 0.1) is 5.41 Å². The fraction of sp³-hybridized carbons (Fsp3) is 0.241. The van der Waals surface area contributed by atoms with Crippen molar-refractivity contribution in [3.63, 3.8) is 0 Å². The van der Waals surface area contributed by atoms with Crippen LogP contribution in [0.15, 0.2) is 98.5 Å². The Morgan fingerprint density at radius 3 is 2.24 bits per heavy atom. The van der Waals surface area contributed by atoms with Crippen molar-refractivity contribution in [3.05, 3.63) is 105 Å². The fourth-order valence-electron chi connectivity index (χ4n) is 4.25. The SMILES string of the molecule is Cn1c(=O)c2c(Sc3ccccc3)n(Cc3ccc(-c4ccccn4)cc3)nc2n(CC(C)(C)C)c1=O. The minimum absolute atomic E-state index is 0.175. The molecule has 37 heavy (non-hydrogen) atoms. The zero-order chi connectivity index (χ0) is 26.2. The minimum Gasteiger partial charge on any atom is -0.275 e. The summed E-state index contributed by atoms with van der Waals surface area (Å²) in [5.41, 5.74) is 2.53. The fourth-order valence-corrected chi connectivity index (χ4v) is 5.26. The van der Waals surface area contributed by atoms with Crippen LogP contribution in [0.4, 0.5) is 0 Å². The monoisotopic (exact) mass is 511 g/mol. The highest BCUT2D eigenvalue weighted by Crippen LogP contribution is 2.33. The lowest BCUT2D eigenvalue weighted by atomic mass is 9.97. The molecule has 188 valence electrons. The highest BCUT2D eigenvalue weighted by molar-refractivity contribution is 7.99. The van der Waals surface area contributed by atoms with Gasteiger partial charge in [0.05, 0.1) is 12.2 Å². The van der Waals surface area contributed by atoms with Gasteiger partial charge in [-0.3, -0.25) is 23.6 Å². The first-order chi connectivity index (χ1) is 17.7. The highest BCUT2D eigenvalue weighted by atomic mass is 32.2. The Labute approximate surface area is 219 Å². The minimum atomic E-state index is -0.354. The van der Waals surface area contributed by atoms with Gasteiger partial charge in [-0.1, -0.05) is 81.1 Å². The lowest BCUT2D eigenvalue weighted by molar-refractivity contribution is 0.337. The van der Waals surface area contributed by atoms with Gasteiger partial charge in [-0.05, 0) is 35.2 Å². The molecule has 0 fully saturated rings. The van der Waals surface area contributed by atoms with E-state index in [1.165, 1.54) is 23.4 Å². The number of rotatable bonds is 6. The molecule has 0 radical (unpaired) electrons. The molecule has 0 spiro atoms. The van der Waals surface area contributed by atoms with Gasteiger partial charge in [0.25, 0.3) is 5.56 Å². The van der Waals surface area contributed by atoms with Gasteiger partial charge in [-0.2, -0.15) is 5.10 Å². The van der Waals surface area contributed by atoms with Crippen molar-refractivity contribution in [2.75, 3.05) is 0 Å². The molecule has 0 atom stereocenters. The number of hydrogen-bond donors (Lipinski definition) is 0. The first kappa shape index (κ1) is 24.8. The molecular weight excluding hydrogens is 482 g/mol. The average Bonchev–Trinajstić information content (AvgIpc) is 3.24. The molecule has 0 saturated heterocycles. The van der Waals surface area contributed by atoms with E-state index in [4.69, 9.17) is 5.10 Å². The van der Waals surface area contributed by atoms with Gasteiger partial charge < -0.3 is 0 Å². The number of benzene rings is 2. The van der Waals surface area contributed by atoms with E-state index in [1.54, 1.807) is 10.8 Å². The van der Waals surface area contributed by atoms with Crippen LogP contribution in [-0.4, -0.2) is 23.9 Å². The standard InChI is InChI=1S/C29H29N5O2S/c1-29(2,3)19-33-25-24(26(35)32(4)28(33)36)27(37-22-10-6-5-7-11-22)34(31-25)18-20-13-15-21(16-14-20)23-12-8-9-17-30-23/h5-17H,18-19H2,1-4H3. The van der Waals surface area contributed by atoms with E-state index in [-0.39, 0.29) is 16.7 Å². The van der Waals surface area contributed by atoms with Crippen LogP contribution in [-0.2, 0) is 20.1 Å². The first-order valence-electron chi connectivity index (χ1n) is 12.1. The summed E-state index contributed by atoms with van der Waals surface area (Å²) in [6.07, 6.45) is 1.78. The Balaban J connectivity index is 1.65. The topological polar surface area (TPSA) is 74.7 Å². The summed E-state index contributed by atoms with van der Waals surface area (Å²) in [7, 11) is 1.54. The molecule has 0 amide bonds. The molecule has 0 N–H and O–H groups in total. The lowest BCUT2D eigenvalue weighted by Crippen LogP contribution is -2.40. The smallest absolute Gasteiger partial charge is 0.275 e. The van der Waals surface area contributed by atoms with Gasteiger partial charge in [-0.25, -0.2) is 4.79 Å². The van der Waals surface area contributed by atoms with Crippen LogP contribution < -0.4 is 11.2 Å². The van der Waals surface area contributed by atoms with Crippen LogP contribution in [0.5, 0.6) is 0 Å². The number of aromatic nitrogens is 5. The van der Waals surface area contributed by atoms with Gasteiger partial charge in [0, 0.05) is 30.2 Å². The molecule has 3 heterocycles. The highest BCUT2D eigenvalue weighted by Gasteiger charge is 2.24. The second kappa shape index (κ2) is 9.86. The maximum Gasteiger partial charge on any atom is 0.332 e. The van der Waals surface area contributed by atoms with Gasteiger partial charge in [0.1, 0.15) is 10.4 Å². The van der Waals surface area contributed by atoms with E-state index < -0.39 is 0 Å². The normalized spacial score (nSPS) is 11.8. The molecule has 5 aromatic rings. The predicted molar refractivity (Wildman–Crippen MR) is 148 cm³/mol. The second-order valence-corrected chi connectivity index (χ2v) is 11.3. The summed E-state index contributed by atoms with van der Waals surface area (Å²) in [6, 6.07) is 23.9. The van der Waals surface area contributed by atoms with Gasteiger partial charge in [0.2, 0.25) is 0 Å². The Hall–Kier alpha value is -3.91. The number of hydrogen-bond acceptors (Lipinski definition) is 5. The van der Waals surface area contributed by atoms with Gasteiger partial charge in [0.15, 0.2) is 5.65 Å². The molecule has 0 bridgehead atoms. The quantitative estimate of drug-likeness (QED) is 0.313. The summed E-state index contributed by atoms with van der Waals surface area (Å²) in [6.45, 7) is 7.10. The number of fused-ring (bicyclic) bond motifs is 1. The summed E-state index contributed by atoms with van der Waals surface area (Å²) >= 11 is 1.49. The average molecular weight is 512 g/mol. The van der Waals surface area contributed by atoms with Crippen LogP contribution in [0.3, 0.4) is 0 Å². The van der Waals surface area contributed by atoms with E-state index in [2.05, 4.69) is 25.8 Å². The predicted octanol–water partition coefficient (Wildman–Crippen LogP) is 5.20. The van der Waals surface area contributed by atoms with Crippen molar-refractivity contribution >= 4 is 22.8 Å². The first-order valence-corrected chi connectivity index (χ1v) is 13.0. The van der Waals surface area contributed by atoms with Crippen molar-refractivity contribution in [2.45, 2.75) is 43.8 Å². The van der Waals surface area contributed by atoms with E-state index in [1.807, 2.05) is 77.5 Å². The molecule has 0 aliphatic rings. The third-order valence-electron chi connectivity index (χ3n) is 6.02. The van der Waals surface area contributed by atoms with E-state index in [9.17, 15) is 9.59 Å². The van der Waals surface area contributed by atoms with E-state index >= 15 is 0 Å². The maximum atomic E-state index is 13.4. The van der Waals surface area contributed by atoms with Crippen molar-refractivity contribution in [2.24, 2.45) is 12.5 Å². The number of pyridine rings is 1. The van der Waals surface area contributed by atoms with Crippen molar-refractivity contribution in [1.29, 1.82) is 0 Å². The Kier molecular flexibility index (Phi) is 6.60. The largest absolute Gasteiger partial charge is 0.332 e. The molecule has 0 unspecified atom stereocenters. The molecule has 3 aromatic heterocycles. The lowest BCUT2D eigenvalue weighted by Gasteiger charge is -2.20. The zero-order valence-electron chi connectivity index (χ0n) is 21.4. The molecule has 2 aromatic carbocycles. The summed E-state index contributed by atoms with van der Waals surface area (Å²) in [5.74, 6) is 0. The van der Waals surface area contributed by atoms with Crippen molar-refractivity contribution in [1.82, 2.24) is 23.9 Å². The Morgan fingerprint density at radius 1 is 0.892 bits per heavy atom. The van der Waals surface area contributed by atoms with E-state index in [0.717, 1.165) is 26.7 Å². The van der Waals surface area contributed by atoms with Gasteiger partial charge in [-0.15, -0.1) is 0 Å². The van der Waals surface area contributed by atoms with Crippen molar-refractivity contribution in [3.8, 4) is 11.3 Å². The Morgan fingerprint density at radius 2 is 1.59 bits per heavy atom. The second-order valence-electron chi connectivity index (χ2n) is 10.3. The molecule has 5 rings (SSSR count). The van der Waals surface area contributed by atoms with Crippen LogP contribution in [0.25, 0.3) is 22.3 Å². The van der Waals surface area contributed by atoms with Crippen LogP contribution >= 0.6 is 11.8 Å². The zero-order valence-corrected chi connectivity index (χ0v) is 22.2. The molecule has 0 aliphatic carbocycles. The molecule has 8 heteroatoms. The number of nitrogens with zero attached hydrogens (tertiary/aromatic N) is 5. The van der Waals surface area contributed by atoms with Crippen LogP contribution in [0.1, 0.15) is 26.3 Å².